The molecule has 4 saturated carbocycles. The average Bonchev–Trinajstić information content (AvgIpc) is 2.79. The van der Waals surface area contributed by atoms with Gasteiger partial charge in [-0.15, -0.1) is 0 Å². The van der Waals surface area contributed by atoms with Crippen LogP contribution in [-0.4, -0.2) is 22.0 Å². The number of aromatic amines is 1. The van der Waals surface area contributed by atoms with Gasteiger partial charge in [0.25, 0.3) is 0 Å². The largest absolute Gasteiger partial charge is 0.311 e. The van der Waals surface area contributed by atoms with Crippen molar-refractivity contribution in [2.45, 2.75) is 45.1 Å². The fourth-order valence-corrected chi connectivity index (χ4v) is 5.27. The molecule has 4 aliphatic rings. The van der Waals surface area contributed by atoms with Crippen LogP contribution in [0, 0.1) is 23.2 Å². The van der Waals surface area contributed by atoms with Gasteiger partial charge in [-0.05, 0) is 61.7 Å². The summed E-state index contributed by atoms with van der Waals surface area (Å²) < 4.78 is 0. The summed E-state index contributed by atoms with van der Waals surface area (Å²) in [4.78, 5) is 0. The minimum Gasteiger partial charge on any atom is -0.311 e. The Balaban J connectivity index is 1.39. The molecule has 5 rings (SSSR count). The lowest BCUT2D eigenvalue weighted by Crippen LogP contribution is -2.50. The normalized spacial score (nSPS) is 41.4. The van der Waals surface area contributed by atoms with Gasteiger partial charge in [0, 0.05) is 13.1 Å². The minimum atomic E-state index is 0.623. The molecule has 0 saturated heterocycles. The third-order valence-electron chi connectivity index (χ3n) is 5.44. The number of H-pyrrole nitrogens is 1. The van der Waals surface area contributed by atoms with Crippen LogP contribution in [0.3, 0.4) is 0 Å². The highest BCUT2D eigenvalue weighted by Gasteiger charge is 2.50. The maximum atomic E-state index is 4.10. The lowest BCUT2D eigenvalue weighted by molar-refractivity contribution is -0.0514. The third kappa shape index (κ3) is 1.87. The van der Waals surface area contributed by atoms with Crippen LogP contribution in [0.1, 0.15) is 44.2 Å². The lowest BCUT2D eigenvalue weighted by atomic mass is 9.49. The Hall–Kier alpha value is -0.900. The summed E-state index contributed by atoms with van der Waals surface area (Å²) in [5.41, 5.74) is 1.65. The summed E-state index contributed by atoms with van der Waals surface area (Å²) in [5.74, 6) is 3.14. The lowest BCUT2D eigenvalue weighted by Gasteiger charge is -2.57. The molecule has 0 aromatic carbocycles. The van der Waals surface area contributed by atoms with E-state index < -0.39 is 0 Å². The van der Waals surface area contributed by atoms with E-state index in [4.69, 9.17) is 0 Å². The Kier molecular flexibility index (Phi) is 2.47. The predicted molar refractivity (Wildman–Crippen MR) is 68.7 cm³/mol. The van der Waals surface area contributed by atoms with E-state index in [1.165, 1.54) is 45.1 Å². The Labute approximate surface area is 108 Å². The standard InChI is InChI=1S/C14H22N4/c1-10-2-12-3-11(1)5-14(4-10,6-12)9-15-7-13-8-16-18-17-13/h8,10-12,15H,1-7,9H2,(H,16,17,18). The fraction of sp³-hybridized carbons (Fsp3) is 0.857. The smallest absolute Gasteiger partial charge is 0.0962 e. The van der Waals surface area contributed by atoms with Crippen LogP contribution < -0.4 is 5.32 Å². The van der Waals surface area contributed by atoms with E-state index in [0.717, 1.165) is 30.0 Å². The first-order chi connectivity index (χ1) is 8.81. The summed E-state index contributed by atoms with van der Waals surface area (Å²) in [6, 6.07) is 0. The van der Waals surface area contributed by atoms with Crippen molar-refractivity contribution in [3.05, 3.63) is 11.9 Å². The quantitative estimate of drug-likeness (QED) is 0.855. The highest BCUT2D eigenvalue weighted by atomic mass is 15.3. The van der Waals surface area contributed by atoms with Gasteiger partial charge < -0.3 is 5.32 Å². The number of nitrogens with zero attached hydrogens (tertiary/aromatic N) is 2. The second kappa shape index (κ2) is 4.05. The highest BCUT2D eigenvalue weighted by molar-refractivity contribution is 5.02. The fourth-order valence-electron chi connectivity index (χ4n) is 5.27. The maximum absolute atomic E-state index is 4.10. The van der Waals surface area contributed by atoms with Gasteiger partial charge in [-0.2, -0.15) is 15.4 Å². The first kappa shape index (κ1) is 11.0. The second-order valence-corrected chi connectivity index (χ2v) is 6.98. The molecule has 18 heavy (non-hydrogen) atoms. The maximum Gasteiger partial charge on any atom is 0.0962 e. The number of nitrogens with one attached hydrogen (secondary N) is 2. The van der Waals surface area contributed by atoms with Crippen molar-refractivity contribution in [1.82, 2.24) is 20.7 Å². The highest BCUT2D eigenvalue weighted by Crippen LogP contribution is 2.59. The molecule has 4 nitrogen and oxygen atoms in total. The molecule has 1 aromatic rings. The molecule has 1 aromatic heterocycles. The van der Waals surface area contributed by atoms with Gasteiger partial charge in [-0.3, -0.25) is 0 Å². The van der Waals surface area contributed by atoms with Gasteiger partial charge in [0.05, 0.1) is 11.9 Å². The molecule has 0 amide bonds. The molecule has 2 N–H and O–H groups in total. The summed E-state index contributed by atoms with van der Waals surface area (Å²) in [5, 5.41) is 14.2. The van der Waals surface area contributed by atoms with E-state index in [1.54, 1.807) is 0 Å². The van der Waals surface area contributed by atoms with Gasteiger partial charge in [-0.1, -0.05) is 0 Å². The summed E-state index contributed by atoms with van der Waals surface area (Å²) in [6.45, 7) is 2.04. The van der Waals surface area contributed by atoms with Crippen molar-refractivity contribution >= 4 is 0 Å². The molecule has 4 aliphatic carbocycles. The Bertz CT molecular complexity index is 376. The zero-order chi connectivity index (χ0) is 12.0. The first-order valence-electron chi connectivity index (χ1n) is 7.37. The van der Waals surface area contributed by atoms with Crippen LogP contribution in [0.15, 0.2) is 6.20 Å². The molecule has 0 atom stereocenters. The Morgan fingerprint density at radius 3 is 2.39 bits per heavy atom. The van der Waals surface area contributed by atoms with Gasteiger partial charge in [0.15, 0.2) is 0 Å². The van der Waals surface area contributed by atoms with E-state index in [0.29, 0.717) is 5.41 Å². The van der Waals surface area contributed by atoms with Crippen LogP contribution in [0.5, 0.6) is 0 Å². The van der Waals surface area contributed by atoms with Crippen molar-refractivity contribution < 1.29 is 0 Å². The summed E-state index contributed by atoms with van der Waals surface area (Å²) in [7, 11) is 0. The molecule has 0 radical (unpaired) electrons. The van der Waals surface area contributed by atoms with Crippen molar-refractivity contribution in [3.8, 4) is 0 Å². The van der Waals surface area contributed by atoms with Crippen LogP contribution in [0.2, 0.25) is 0 Å². The Morgan fingerprint density at radius 1 is 1.17 bits per heavy atom. The third-order valence-corrected chi connectivity index (χ3v) is 5.44. The second-order valence-electron chi connectivity index (χ2n) is 6.98. The van der Waals surface area contributed by atoms with Gasteiger partial charge in [0.1, 0.15) is 0 Å². The molecule has 4 bridgehead atoms. The van der Waals surface area contributed by atoms with Crippen LogP contribution in [-0.2, 0) is 6.54 Å². The molecule has 4 heteroatoms. The molecular formula is C14H22N4. The van der Waals surface area contributed by atoms with Crippen molar-refractivity contribution in [1.29, 1.82) is 0 Å². The molecule has 4 fully saturated rings. The van der Waals surface area contributed by atoms with Gasteiger partial charge in [0.2, 0.25) is 0 Å². The van der Waals surface area contributed by atoms with Crippen molar-refractivity contribution in [2.24, 2.45) is 23.2 Å². The zero-order valence-electron chi connectivity index (χ0n) is 10.9. The predicted octanol–water partition coefficient (Wildman–Crippen LogP) is 2.11. The van der Waals surface area contributed by atoms with E-state index in [9.17, 15) is 0 Å². The van der Waals surface area contributed by atoms with Gasteiger partial charge in [-0.25, -0.2) is 0 Å². The molecular weight excluding hydrogens is 224 g/mol. The van der Waals surface area contributed by atoms with Gasteiger partial charge >= 0.3 is 0 Å². The number of hydrogen-bond acceptors (Lipinski definition) is 3. The van der Waals surface area contributed by atoms with E-state index in [1.807, 2.05) is 6.20 Å². The van der Waals surface area contributed by atoms with Crippen LogP contribution in [0.4, 0.5) is 0 Å². The van der Waals surface area contributed by atoms with E-state index in [-0.39, 0.29) is 0 Å². The monoisotopic (exact) mass is 246 g/mol. The Morgan fingerprint density at radius 2 is 1.83 bits per heavy atom. The molecule has 1 heterocycles. The number of rotatable bonds is 4. The average molecular weight is 246 g/mol. The SMILES string of the molecule is c1n[nH]nc1CNCC12CC3CC(CC(C3)C1)C2. The zero-order valence-corrected chi connectivity index (χ0v) is 10.9. The van der Waals surface area contributed by atoms with Crippen molar-refractivity contribution in [2.75, 3.05) is 6.54 Å². The molecule has 0 spiro atoms. The first-order valence-corrected chi connectivity index (χ1v) is 7.37. The molecule has 98 valence electrons. The number of hydrogen-bond donors (Lipinski definition) is 2. The topological polar surface area (TPSA) is 53.6 Å². The molecule has 0 aliphatic heterocycles. The van der Waals surface area contributed by atoms with E-state index in [2.05, 4.69) is 20.7 Å². The summed E-state index contributed by atoms with van der Waals surface area (Å²) >= 11 is 0. The van der Waals surface area contributed by atoms with E-state index >= 15 is 0 Å². The minimum absolute atomic E-state index is 0.623. The van der Waals surface area contributed by atoms with Crippen LogP contribution in [0.25, 0.3) is 0 Å². The summed E-state index contributed by atoms with van der Waals surface area (Å²) in [6.07, 6.45) is 10.8. The molecule has 0 unspecified atom stereocenters. The number of aromatic nitrogens is 3. The van der Waals surface area contributed by atoms with Crippen LogP contribution >= 0.6 is 0 Å². The van der Waals surface area contributed by atoms with Crippen molar-refractivity contribution in [3.63, 3.8) is 0 Å².